The summed E-state index contributed by atoms with van der Waals surface area (Å²) in [6, 6.07) is 21.9. The van der Waals surface area contributed by atoms with Gasteiger partial charge in [-0.15, -0.1) is 0 Å². The van der Waals surface area contributed by atoms with Crippen LogP contribution < -0.4 is 9.16 Å². The van der Waals surface area contributed by atoms with Crippen LogP contribution in [0.5, 0.6) is 11.5 Å². The van der Waals surface area contributed by atoms with Gasteiger partial charge in [-0.05, 0) is 95.4 Å². The topological polar surface area (TPSA) is 18.5 Å². The van der Waals surface area contributed by atoms with E-state index in [1.165, 1.54) is 33.4 Å². The first-order chi connectivity index (χ1) is 16.5. The van der Waals surface area contributed by atoms with Gasteiger partial charge in [0, 0.05) is 5.92 Å². The minimum Gasteiger partial charge on any atom is -0.543 e. The van der Waals surface area contributed by atoms with Gasteiger partial charge in [0.05, 0.1) is 0 Å². The predicted molar refractivity (Wildman–Crippen MR) is 150 cm³/mol. The smallest absolute Gasteiger partial charge is 0.250 e. The molecule has 1 atom stereocenters. The largest absolute Gasteiger partial charge is 0.543 e. The van der Waals surface area contributed by atoms with E-state index >= 15 is 0 Å². The highest BCUT2D eigenvalue weighted by molar-refractivity contribution is 6.74. The third kappa shape index (κ3) is 5.51. The fourth-order valence-electron chi connectivity index (χ4n) is 4.93. The highest BCUT2D eigenvalue weighted by atomic mass is 28.4. The molecule has 3 aromatic carbocycles. The van der Waals surface area contributed by atoms with Crippen molar-refractivity contribution in [3.05, 3.63) is 94.0 Å². The number of ether oxygens (including phenoxy) is 1. The number of hydrogen-bond donors (Lipinski definition) is 0. The molecular weight excluding hydrogens is 444 g/mol. The van der Waals surface area contributed by atoms with Gasteiger partial charge in [-0.3, -0.25) is 0 Å². The van der Waals surface area contributed by atoms with Crippen LogP contribution in [0.2, 0.25) is 18.1 Å². The van der Waals surface area contributed by atoms with Crippen LogP contribution in [0, 0.1) is 6.92 Å². The van der Waals surface area contributed by atoms with Gasteiger partial charge in [-0.25, -0.2) is 0 Å². The maximum absolute atomic E-state index is 6.67. The Morgan fingerprint density at radius 2 is 1.69 bits per heavy atom. The van der Waals surface area contributed by atoms with Crippen molar-refractivity contribution in [1.29, 1.82) is 0 Å². The summed E-state index contributed by atoms with van der Waals surface area (Å²) in [7, 11) is -1.86. The van der Waals surface area contributed by atoms with Crippen molar-refractivity contribution < 1.29 is 9.16 Å². The average molecular weight is 487 g/mol. The van der Waals surface area contributed by atoms with Crippen LogP contribution >= 0.6 is 0 Å². The zero-order valence-corrected chi connectivity index (χ0v) is 23.9. The van der Waals surface area contributed by atoms with Gasteiger partial charge in [0.25, 0.3) is 0 Å². The quantitative estimate of drug-likeness (QED) is 0.310. The summed E-state index contributed by atoms with van der Waals surface area (Å²) in [5.74, 6) is 2.90. The van der Waals surface area contributed by atoms with Crippen LogP contribution in [0.4, 0.5) is 0 Å². The summed E-state index contributed by atoms with van der Waals surface area (Å²) in [5.41, 5.74) is 8.21. The van der Waals surface area contributed by atoms with Gasteiger partial charge in [0.1, 0.15) is 18.1 Å². The van der Waals surface area contributed by atoms with E-state index in [0.717, 1.165) is 24.3 Å². The zero-order valence-electron chi connectivity index (χ0n) is 22.9. The average Bonchev–Trinajstić information content (AvgIpc) is 3.21. The molecule has 0 N–H and O–H groups in total. The van der Waals surface area contributed by atoms with Crippen molar-refractivity contribution in [2.45, 2.75) is 91.0 Å². The van der Waals surface area contributed by atoms with E-state index in [2.05, 4.69) is 109 Å². The number of fused-ring (bicyclic) bond motifs is 1. The Morgan fingerprint density at radius 3 is 2.34 bits per heavy atom. The normalized spacial score (nSPS) is 15.9. The summed E-state index contributed by atoms with van der Waals surface area (Å²) < 4.78 is 12.9. The van der Waals surface area contributed by atoms with Crippen molar-refractivity contribution in [3.63, 3.8) is 0 Å². The number of hydrogen-bond acceptors (Lipinski definition) is 2. The van der Waals surface area contributed by atoms with Crippen LogP contribution in [-0.4, -0.2) is 8.32 Å². The Bertz CT molecular complexity index is 1170. The third-order valence-corrected chi connectivity index (χ3v) is 12.3. The molecule has 1 aliphatic carbocycles. The van der Waals surface area contributed by atoms with Gasteiger partial charge in [-0.1, -0.05) is 77.1 Å². The highest BCUT2D eigenvalue weighted by Gasteiger charge is 2.39. The first-order valence-corrected chi connectivity index (χ1v) is 16.0. The monoisotopic (exact) mass is 486 g/mol. The Balaban J connectivity index is 1.59. The zero-order chi connectivity index (χ0) is 25.4. The Morgan fingerprint density at radius 1 is 0.971 bits per heavy atom. The summed E-state index contributed by atoms with van der Waals surface area (Å²) in [4.78, 5) is 0. The van der Waals surface area contributed by atoms with Gasteiger partial charge < -0.3 is 9.16 Å². The molecule has 0 radical (unpaired) electrons. The first-order valence-electron chi connectivity index (χ1n) is 13.1. The molecule has 3 heteroatoms. The summed E-state index contributed by atoms with van der Waals surface area (Å²) in [5, 5.41) is 0.194. The fraction of sp³-hybridized carbons (Fsp3) is 0.438. The predicted octanol–water partition coefficient (Wildman–Crippen LogP) is 9.16. The molecule has 0 saturated carbocycles. The molecule has 0 spiro atoms. The molecule has 0 aliphatic heterocycles. The standard InChI is InChI=1S/C32H42O2Si/c1-22(2)29-20-25(15-17-30(29)33-21-24-12-10-9-11-13-24)28-16-14-26-19-27(18-23(3)31(26)28)34-35(7,8)32(4,5)6/h9-13,15,17-20,22,28H,14,16,21H2,1-8H3. The van der Waals surface area contributed by atoms with E-state index in [1.807, 2.05) is 6.07 Å². The van der Waals surface area contributed by atoms with Crippen molar-refractivity contribution in [2.24, 2.45) is 0 Å². The lowest BCUT2D eigenvalue weighted by molar-refractivity contribution is 0.301. The molecule has 1 aliphatic rings. The van der Waals surface area contributed by atoms with Gasteiger partial charge in [0.15, 0.2) is 0 Å². The van der Waals surface area contributed by atoms with Gasteiger partial charge in [-0.2, -0.15) is 0 Å². The molecule has 0 aromatic heterocycles. The lowest BCUT2D eigenvalue weighted by atomic mass is 9.87. The molecule has 186 valence electrons. The van der Waals surface area contributed by atoms with Crippen LogP contribution in [0.25, 0.3) is 0 Å². The van der Waals surface area contributed by atoms with E-state index in [-0.39, 0.29) is 5.04 Å². The first kappa shape index (κ1) is 25.6. The molecule has 0 saturated heterocycles. The van der Waals surface area contributed by atoms with E-state index in [1.54, 1.807) is 0 Å². The van der Waals surface area contributed by atoms with Gasteiger partial charge in [0.2, 0.25) is 8.32 Å². The summed E-state index contributed by atoms with van der Waals surface area (Å²) in [6.45, 7) is 18.9. The Kier molecular flexibility index (Phi) is 7.20. The fourth-order valence-corrected chi connectivity index (χ4v) is 5.94. The Labute approximate surface area is 213 Å². The minimum atomic E-state index is -1.86. The molecule has 0 amide bonds. The molecule has 3 aromatic rings. The second-order valence-electron chi connectivity index (χ2n) is 12.0. The summed E-state index contributed by atoms with van der Waals surface area (Å²) >= 11 is 0. The maximum Gasteiger partial charge on any atom is 0.250 e. The Hall–Kier alpha value is -2.52. The summed E-state index contributed by atoms with van der Waals surface area (Å²) in [6.07, 6.45) is 2.26. The molecule has 0 fully saturated rings. The third-order valence-electron chi connectivity index (χ3n) is 7.97. The van der Waals surface area contributed by atoms with Crippen molar-refractivity contribution >= 4 is 8.32 Å². The second kappa shape index (κ2) is 9.85. The SMILES string of the molecule is Cc1cc(O[Si](C)(C)C(C)(C)C)cc2c1C(c1ccc(OCc3ccccc3)c(C(C)C)c1)CC2. The number of aryl methyl sites for hydroxylation is 2. The van der Waals surface area contributed by atoms with Crippen LogP contribution in [0.1, 0.15) is 86.3 Å². The number of rotatable bonds is 7. The highest BCUT2D eigenvalue weighted by Crippen LogP contribution is 2.45. The van der Waals surface area contributed by atoms with Crippen molar-refractivity contribution in [2.75, 3.05) is 0 Å². The van der Waals surface area contributed by atoms with Crippen LogP contribution in [-0.2, 0) is 13.0 Å². The van der Waals surface area contributed by atoms with Crippen LogP contribution in [0.15, 0.2) is 60.7 Å². The van der Waals surface area contributed by atoms with E-state index < -0.39 is 8.32 Å². The van der Waals surface area contributed by atoms with E-state index in [0.29, 0.717) is 18.4 Å². The molecule has 0 heterocycles. The molecule has 4 rings (SSSR count). The maximum atomic E-state index is 6.67. The molecule has 0 bridgehead atoms. The molecule has 35 heavy (non-hydrogen) atoms. The van der Waals surface area contributed by atoms with E-state index in [4.69, 9.17) is 9.16 Å². The second-order valence-corrected chi connectivity index (χ2v) is 16.7. The lowest BCUT2D eigenvalue weighted by Gasteiger charge is -2.36. The van der Waals surface area contributed by atoms with E-state index in [9.17, 15) is 0 Å². The lowest BCUT2D eigenvalue weighted by Crippen LogP contribution is -2.43. The minimum absolute atomic E-state index is 0.194. The number of benzene rings is 3. The van der Waals surface area contributed by atoms with Crippen molar-refractivity contribution in [1.82, 2.24) is 0 Å². The molecule has 2 nitrogen and oxygen atoms in total. The van der Waals surface area contributed by atoms with Crippen molar-refractivity contribution in [3.8, 4) is 11.5 Å². The molecular formula is C32H42O2Si. The van der Waals surface area contributed by atoms with Crippen LogP contribution in [0.3, 0.4) is 0 Å². The van der Waals surface area contributed by atoms with Gasteiger partial charge >= 0.3 is 0 Å². The molecule has 1 unspecified atom stereocenters.